The van der Waals surface area contributed by atoms with Crippen LogP contribution in [0.25, 0.3) is 0 Å². The highest BCUT2D eigenvalue weighted by Gasteiger charge is 2.42. The van der Waals surface area contributed by atoms with Gasteiger partial charge in [0.25, 0.3) is 0 Å². The smallest absolute Gasteiger partial charge is 0.227 e. The molecule has 5 heterocycles. The highest BCUT2D eigenvalue weighted by molar-refractivity contribution is 5.80. The van der Waals surface area contributed by atoms with Crippen molar-refractivity contribution in [3.05, 3.63) is 17.0 Å². The molecular weight excluding hydrogens is 306 g/mol. The number of carbonyl (C=O) groups is 1. The molecule has 4 fully saturated rings. The minimum atomic E-state index is 0.145. The summed E-state index contributed by atoms with van der Waals surface area (Å²) in [7, 11) is 0. The molecule has 5 rings (SSSR count). The first kappa shape index (κ1) is 16.1. The maximum Gasteiger partial charge on any atom is 0.227 e. The third-order valence-corrected chi connectivity index (χ3v) is 6.04. The molecule has 0 unspecified atom stereocenters. The van der Waals surface area contributed by atoms with Gasteiger partial charge in [-0.15, -0.1) is 0 Å². The van der Waals surface area contributed by atoms with Gasteiger partial charge in [-0.25, -0.2) is 0 Å². The summed E-state index contributed by atoms with van der Waals surface area (Å²) in [6, 6.07) is 0.890. The number of aryl methyl sites for hydroxylation is 2. The summed E-state index contributed by atoms with van der Waals surface area (Å²) in [5, 5.41) is 4.04. The van der Waals surface area contributed by atoms with E-state index >= 15 is 0 Å². The molecule has 1 amide bonds. The van der Waals surface area contributed by atoms with E-state index in [1.165, 1.54) is 0 Å². The maximum absolute atomic E-state index is 13.0. The van der Waals surface area contributed by atoms with Crippen LogP contribution < -0.4 is 0 Å². The van der Waals surface area contributed by atoms with Crippen LogP contribution in [0.5, 0.6) is 0 Å². The van der Waals surface area contributed by atoms with Crippen molar-refractivity contribution >= 4 is 5.91 Å². The van der Waals surface area contributed by atoms with Crippen LogP contribution in [0.2, 0.25) is 0 Å². The van der Waals surface area contributed by atoms with Gasteiger partial charge in [-0.3, -0.25) is 9.69 Å². The van der Waals surface area contributed by atoms with E-state index in [4.69, 9.17) is 9.26 Å². The van der Waals surface area contributed by atoms with Gasteiger partial charge in [0, 0.05) is 44.0 Å². The largest absolute Gasteiger partial charge is 0.381 e. The fourth-order valence-electron chi connectivity index (χ4n) is 4.53. The van der Waals surface area contributed by atoms with Crippen molar-refractivity contribution in [2.24, 2.45) is 5.92 Å². The van der Waals surface area contributed by atoms with E-state index in [-0.39, 0.29) is 5.92 Å². The standard InChI is InChI=1S/C18H27N3O3/c1-12-17(13(2)24-19-12)11-21-16-4-3-14(18(21)22)9-20(10-16)15-5-7-23-8-6-15/h14-16H,3-11H2,1-2H3/t14-,16+/m1/s1. The molecule has 4 aliphatic rings. The van der Waals surface area contributed by atoms with E-state index in [1.54, 1.807) is 0 Å². The second-order valence-electron chi connectivity index (χ2n) is 7.49. The summed E-state index contributed by atoms with van der Waals surface area (Å²) < 4.78 is 10.8. The molecule has 6 heteroatoms. The van der Waals surface area contributed by atoms with Crippen molar-refractivity contribution in [2.75, 3.05) is 26.3 Å². The minimum Gasteiger partial charge on any atom is -0.381 e. The Hall–Kier alpha value is -1.40. The second kappa shape index (κ2) is 6.48. The molecule has 0 radical (unpaired) electrons. The predicted octanol–water partition coefficient (Wildman–Crippen LogP) is 1.89. The molecule has 0 N–H and O–H groups in total. The van der Waals surface area contributed by atoms with Crippen molar-refractivity contribution in [1.82, 2.24) is 15.0 Å². The van der Waals surface area contributed by atoms with E-state index in [0.29, 0.717) is 24.5 Å². The SMILES string of the molecule is Cc1noc(C)c1CN1C(=O)[C@@H]2CC[C@H]1CN(C1CCOCC1)C2. The van der Waals surface area contributed by atoms with E-state index < -0.39 is 0 Å². The molecular formula is C18H27N3O3. The van der Waals surface area contributed by atoms with Gasteiger partial charge < -0.3 is 14.2 Å². The summed E-state index contributed by atoms with van der Waals surface area (Å²) >= 11 is 0. The number of carbonyl (C=O) groups excluding carboxylic acids is 1. The maximum atomic E-state index is 13.0. The van der Waals surface area contributed by atoms with E-state index in [2.05, 4.69) is 15.0 Å². The summed E-state index contributed by atoms with van der Waals surface area (Å²) in [5.74, 6) is 1.30. The van der Waals surface area contributed by atoms with Crippen molar-refractivity contribution in [2.45, 2.75) is 58.2 Å². The number of fused-ring (bicyclic) bond motifs is 4. The third kappa shape index (κ3) is 2.86. The first-order chi connectivity index (χ1) is 11.6. The quantitative estimate of drug-likeness (QED) is 0.845. The zero-order chi connectivity index (χ0) is 16.7. The average molecular weight is 333 g/mol. The molecule has 1 aromatic heterocycles. The fraction of sp³-hybridized carbons (Fsp3) is 0.778. The number of hydrogen-bond donors (Lipinski definition) is 0. The van der Waals surface area contributed by atoms with Crippen molar-refractivity contribution in [3.63, 3.8) is 0 Å². The van der Waals surface area contributed by atoms with Gasteiger partial charge >= 0.3 is 0 Å². The summed E-state index contributed by atoms with van der Waals surface area (Å²) in [4.78, 5) is 17.7. The molecule has 24 heavy (non-hydrogen) atoms. The number of aromatic nitrogens is 1. The molecule has 0 aliphatic carbocycles. The molecule has 4 saturated heterocycles. The highest BCUT2D eigenvalue weighted by atomic mass is 16.5. The van der Waals surface area contributed by atoms with Gasteiger partial charge in [0.2, 0.25) is 5.91 Å². The number of rotatable bonds is 3. The molecule has 0 aromatic carbocycles. The van der Waals surface area contributed by atoms with Crippen molar-refractivity contribution in [1.29, 1.82) is 0 Å². The highest BCUT2D eigenvalue weighted by Crippen LogP contribution is 2.33. The summed E-state index contributed by atoms with van der Waals surface area (Å²) in [6.45, 7) is 8.16. The summed E-state index contributed by atoms with van der Waals surface area (Å²) in [5.41, 5.74) is 1.98. The number of nitrogens with zero attached hydrogens (tertiary/aromatic N) is 3. The Morgan fingerprint density at radius 3 is 2.58 bits per heavy atom. The van der Waals surface area contributed by atoms with E-state index in [1.807, 2.05) is 13.8 Å². The Morgan fingerprint density at radius 1 is 1.08 bits per heavy atom. The Kier molecular flexibility index (Phi) is 4.35. The van der Waals surface area contributed by atoms with Gasteiger partial charge in [0.15, 0.2) is 0 Å². The lowest BCUT2D eigenvalue weighted by atomic mass is 9.93. The minimum absolute atomic E-state index is 0.145. The lowest BCUT2D eigenvalue weighted by molar-refractivity contribution is -0.140. The molecule has 2 atom stereocenters. The van der Waals surface area contributed by atoms with Gasteiger partial charge in [0.1, 0.15) is 5.76 Å². The average Bonchev–Trinajstić information content (AvgIpc) is 2.79. The Bertz CT molecular complexity index is 589. The van der Waals surface area contributed by atoms with Gasteiger partial charge in [-0.1, -0.05) is 5.16 Å². The molecule has 1 aromatic rings. The van der Waals surface area contributed by atoms with Crippen molar-refractivity contribution < 1.29 is 14.1 Å². The van der Waals surface area contributed by atoms with Crippen molar-refractivity contribution in [3.8, 4) is 0 Å². The zero-order valence-electron chi connectivity index (χ0n) is 14.7. The second-order valence-corrected chi connectivity index (χ2v) is 7.49. The van der Waals surface area contributed by atoms with Gasteiger partial charge in [-0.2, -0.15) is 0 Å². The van der Waals surface area contributed by atoms with Crippen LogP contribution in [0.1, 0.15) is 42.7 Å². The van der Waals surface area contributed by atoms with Gasteiger partial charge in [-0.05, 0) is 39.5 Å². The third-order valence-electron chi connectivity index (χ3n) is 6.04. The number of amides is 1. The van der Waals surface area contributed by atoms with Crippen LogP contribution in [0.4, 0.5) is 0 Å². The molecule has 6 nitrogen and oxygen atoms in total. The van der Waals surface area contributed by atoms with Crippen LogP contribution in [0.3, 0.4) is 0 Å². The number of piperidine rings is 1. The first-order valence-corrected chi connectivity index (χ1v) is 9.17. The van der Waals surface area contributed by atoms with Gasteiger partial charge in [0.05, 0.1) is 18.2 Å². The molecule has 0 spiro atoms. The number of ether oxygens (including phenoxy) is 1. The molecule has 4 aliphatic heterocycles. The predicted molar refractivity (Wildman–Crippen MR) is 88.5 cm³/mol. The molecule has 2 bridgehead atoms. The van der Waals surface area contributed by atoms with Crippen LogP contribution in [-0.4, -0.2) is 59.3 Å². The monoisotopic (exact) mass is 333 g/mol. The lowest BCUT2D eigenvalue weighted by Crippen LogP contribution is -2.48. The fourth-order valence-corrected chi connectivity index (χ4v) is 4.53. The lowest BCUT2D eigenvalue weighted by Gasteiger charge is -2.37. The van der Waals surface area contributed by atoms with Crippen LogP contribution >= 0.6 is 0 Å². The Balaban J connectivity index is 1.53. The van der Waals surface area contributed by atoms with Crippen LogP contribution in [0, 0.1) is 19.8 Å². The van der Waals surface area contributed by atoms with E-state index in [0.717, 1.165) is 69.0 Å². The normalized spacial score (nSPS) is 29.2. The number of hydrogen-bond acceptors (Lipinski definition) is 5. The Morgan fingerprint density at radius 2 is 1.88 bits per heavy atom. The Labute approximate surface area is 143 Å². The molecule has 0 saturated carbocycles. The zero-order valence-corrected chi connectivity index (χ0v) is 14.7. The van der Waals surface area contributed by atoms with E-state index in [9.17, 15) is 4.79 Å². The summed E-state index contributed by atoms with van der Waals surface area (Å²) in [6.07, 6.45) is 4.33. The van der Waals surface area contributed by atoms with Crippen LogP contribution in [0.15, 0.2) is 4.52 Å². The first-order valence-electron chi connectivity index (χ1n) is 9.17. The molecule has 132 valence electrons. The topological polar surface area (TPSA) is 58.8 Å². The van der Waals surface area contributed by atoms with Crippen LogP contribution in [-0.2, 0) is 16.1 Å².